The Morgan fingerprint density at radius 3 is 1.17 bits per heavy atom. The van der Waals surface area contributed by atoms with Gasteiger partial charge in [-0.1, -0.05) is 97.1 Å². The van der Waals surface area contributed by atoms with Crippen LogP contribution in [0.3, 0.4) is 0 Å². The zero-order valence-corrected chi connectivity index (χ0v) is 36.6. The van der Waals surface area contributed by atoms with E-state index in [4.69, 9.17) is 0 Å². The summed E-state index contributed by atoms with van der Waals surface area (Å²) in [4.78, 5) is 2.60. The molecule has 0 saturated heterocycles. The van der Waals surface area contributed by atoms with Gasteiger partial charge in [0.2, 0.25) is 0 Å². The zero-order chi connectivity index (χ0) is 41.5. The number of rotatable bonds is 4. The van der Waals surface area contributed by atoms with Crippen molar-refractivity contribution in [3.8, 4) is 27.9 Å². The Morgan fingerprint density at radius 2 is 0.719 bits per heavy atom. The van der Waals surface area contributed by atoms with E-state index in [9.17, 15) is 0 Å². The number of anilines is 3. The molecule has 10 aliphatic rings. The normalized spacial score (nSPS) is 31.6. The van der Waals surface area contributed by atoms with Gasteiger partial charge in [-0.2, -0.15) is 0 Å². The lowest BCUT2D eigenvalue weighted by Gasteiger charge is -2.61. The predicted molar refractivity (Wildman–Crippen MR) is 262 cm³/mol. The molecular formula is C62H54N2. The molecule has 1 heterocycles. The topological polar surface area (TPSA) is 8.17 Å². The second-order valence-electron chi connectivity index (χ2n) is 22.1. The summed E-state index contributed by atoms with van der Waals surface area (Å²) in [5.74, 6) is 6.79. The van der Waals surface area contributed by atoms with Crippen LogP contribution >= 0.6 is 0 Å². The molecule has 0 radical (unpaired) electrons. The first kappa shape index (κ1) is 35.5. The van der Waals surface area contributed by atoms with Crippen molar-refractivity contribution in [2.24, 2.45) is 47.3 Å². The number of para-hydroxylation sites is 2. The van der Waals surface area contributed by atoms with E-state index in [-0.39, 0.29) is 10.8 Å². The molecule has 8 aromatic rings. The minimum Gasteiger partial charge on any atom is -0.310 e. The average Bonchev–Trinajstić information content (AvgIpc) is 3.93. The van der Waals surface area contributed by atoms with Crippen LogP contribution in [0.5, 0.6) is 0 Å². The van der Waals surface area contributed by atoms with Crippen LogP contribution in [0.1, 0.15) is 86.5 Å². The summed E-state index contributed by atoms with van der Waals surface area (Å²) in [6.45, 7) is 0. The lowest BCUT2D eigenvalue weighted by Crippen LogP contribution is -2.55. The van der Waals surface area contributed by atoms with E-state index in [2.05, 4.69) is 167 Å². The Morgan fingerprint density at radius 1 is 0.344 bits per heavy atom. The molecule has 18 rings (SSSR count). The van der Waals surface area contributed by atoms with E-state index in [0.29, 0.717) is 0 Å². The average molecular weight is 827 g/mol. The summed E-state index contributed by atoms with van der Waals surface area (Å²) in [6, 6.07) is 62.0. The quantitative estimate of drug-likeness (QED) is 0.172. The Hall–Kier alpha value is -5.86. The molecule has 2 nitrogen and oxygen atoms in total. The van der Waals surface area contributed by atoms with Crippen LogP contribution in [0.2, 0.25) is 0 Å². The Labute approximate surface area is 377 Å². The Bertz CT molecular complexity index is 3020. The molecule has 8 fully saturated rings. The van der Waals surface area contributed by atoms with Gasteiger partial charge < -0.3 is 9.47 Å². The molecule has 8 bridgehead atoms. The third-order valence-corrected chi connectivity index (χ3v) is 19.5. The zero-order valence-electron chi connectivity index (χ0n) is 36.6. The van der Waals surface area contributed by atoms with E-state index in [1.165, 1.54) is 131 Å². The number of hydrogen-bond acceptors (Lipinski definition) is 1. The number of hydrogen-bond donors (Lipinski definition) is 0. The fourth-order valence-electron chi connectivity index (χ4n) is 18.0. The molecule has 64 heavy (non-hydrogen) atoms. The number of benzene rings is 7. The van der Waals surface area contributed by atoms with E-state index in [1.54, 1.807) is 22.3 Å². The summed E-state index contributed by atoms with van der Waals surface area (Å²) >= 11 is 0. The first-order chi connectivity index (χ1) is 31.6. The van der Waals surface area contributed by atoms with Crippen molar-refractivity contribution in [1.82, 2.24) is 4.57 Å². The molecule has 7 aromatic carbocycles. The van der Waals surface area contributed by atoms with E-state index in [0.717, 1.165) is 47.3 Å². The van der Waals surface area contributed by atoms with Crippen molar-refractivity contribution < 1.29 is 0 Å². The highest BCUT2D eigenvalue weighted by Crippen LogP contribution is 2.71. The van der Waals surface area contributed by atoms with Gasteiger partial charge in [-0.15, -0.1) is 0 Å². The first-order valence-electron chi connectivity index (χ1n) is 25.0. The smallest absolute Gasteiger partial charge is 0.0541 e. The van der Waals surface area contributed by atoms with Crippen LogP contribution in [0, 0.1) is 47.3 Å². The van der Waals surface area contributed by atoms with Crippen molar-refractivity contribution in [3.63, 3.8) is 0 Å². The van der Waals surface area contributed by atoms with Gasteiger partial charge in [0.15, 0.2) is 0 Å². The molecule has 1 aromatic heterocycles. The van der Waals surface area contributed by atoms with Crippen LogP contribution in [0.4, 0.5) is 17.1 Å². The van der Waals surface area contributed by atoms with Crippen molar-refractivity contribution in [3.05, 3.63) is 180 Å². The maximum absolute atomic E-state index is 2.61. The van der Waals surface area contributed by atoms with E-state index in [1.807, 2.05) is 0 Å². The third kappa shape index (κ3) is 4.35. The van der Waals surface area contributed by atoms with Crippen molar-refractivity contribution in [1.29, 1.82) is 0 Å². The predicted octanol–water partition coefficient (Wildman–Crippen LogP) is 15.7. The Balaban J connectivity index is 0.888. The third-order valence-electron chi connectivity index (χ3n) is 19.5. The van der Waals surface area contributed by atoms with Gasteiger partial charge in [0.25, 0.3) is 0 Å². The van der Waals surface area contributed by atoms with Crippen molar-refractivity contribution >= 4 is 38.9 Å². The minimum absolute atomic E-state index is 0.164. The molecule has 2 heteroatoms. The Kier molecular flexibility index (Phi) is 6.92. The molecular weight excluding hydrogens is 773 g/mol. The molecule has 2 spiro atoms. The highest BCUT2D eigenvalue weighted by molar-refractivity contribution is 6.09. The molecule has 0 N–H and O–H groups in total. The number of nitrogens with zero attached hydrogens (tertiary/aromatic N) is 2. The van der Waals surface area contributed by atoms with E-state index < -0.39 is 0 Å². The minimum atomic E-state index is 0.164. The van der Waals surface area contributed by atoms with Crippen LogP contribution in [0.15, 0.2) is 158 Å². The van der Waals surface area contributed by atoms with Gasteiger partial charge in [-0.3, -0.25) is 0 Å². The monoisotopic (exact) mass is 826 g/mol. The lowest BCUT2D eigenvalue weighted by molar-refractivity contribution is -0.0399. The summed E-state index contributed by atoms with van der Waals surface area (Å²) in [7, 11) is 0. The van der Waals surface area contributed by atoms with Crippen LogP contribution < -0.4 is 4.90 Å². The maximum Gasteiger partial charge on any atom is 0.0541 e. The first-order valence-corrected chi connectivity index (χ1v) is 25.0. The second kappa shape index (κ2) is 12.5. The van der Waals surface area contributed by atoms with Gasteiger partial charge in [0, 0.05) is 44.4 Å². The molecule has 0 unspecified atom stereocenters. The van der Waals surface area contributed by atoms with Crippen molar-refractivity contribution in [2.45, 2.75) is 75.0 Å². The van der Waals surface area contributed by atoms with Gasteiger partial charge in [-0.25, -0.2) is 0 Å². The van der Waals surface area contributed by atoms with Gasteiger partial charge in [-0.05, 0) is 217 Å². The molecule has 0 amide bonds. The van der Waals surface area contributed by atoms with E-state index >= 15 is 0 Å². The van der Waals surface area contributed by atoms with Crippen LogP contribution in [-0.4, -0.2) is 4.57 Å². The fourth-order valence-corrected chi connectivity index (χ4v) is 18.0. The summed E-state index contributed by atoms with van der Waals surface area (Å²) in [5, 5.41) is 2.60. The number of aromatic nitrogens is 1. The summed E-state index contributed by atoms with van der Waals surface area (Å²) in [5.41, 5.74) is 20.2. The molecule has 0 aliphatic heterocycles. The molecule has 0 atom stereocenters. The standard InChI is InChI=1S/C62H54N2/c1-5-13-55-49(9-1)53-35-47(21-23-57(53)61(55)41-27-37-25-38(29-41)30-42(61)28-37)63(45-17-19-46(20-18-45)64-59-15-7-3-11-51(59)52-12-4-8-16-60(52)64)48-22-24-58-54(36-48)50-10-2-6-14-56(50)62(58)43-31-39-26-40(33-43)34-44(62)32-39/h1-24,35-44H,25-34H2. The SMILES string of the molecule is c1ccc2c(c1)-c1cc(N(c3ccc(-n4c5ccccc5c5ccccc54)cc3)c3ccc4c(c3)-c3ccccc3C43C4CC5CC(C4)CC3C5)ccc1C21C2CC3CC(C2)CC1C3. The fraction of sp³-hybridized carbons (Fsp3) is 0.323. The highest BCUT2D eigenvalue weighted by Gasteiger charge is 2.63. The molecule has 10 aliphatic carbocycles. The summed E-state index contributed by atoms with van der Waals surface area (Å²) < 4.78 is 2.45. The molecule has 312 valence electrons. The molecule has 8 saturated carbocycles. The van der Waals surface area contributed by atoms with Crippen LogP contribution in [-0.2, 0) is 10.8 Å². The van der Waals surface area contributed by atoms with Gasteiger partial charge in [0.1, 0.15) is 0 Å². The van der Waals surface area contributed by atoms with Crippen molar-refractivity contribution in [2.75, 3.05) is 4.90 Å². The van der Waals surface area contributed by atoms with Gasteiger partial charge in [0.05, 0.1) is 11.0 Å². The van der Waals surface area contributed by atoms with Crippen LogP contribution in [0.25, 0.3) is 49.7 Å². The maximum atomic E-state index is 2.61. The highest BCUT2D eigenvalue weighted by atomic mass is 15.1. The number of fused-ring (bicyclic) bond motifs is 9. The largest absolute Gasteiger partial charge is 0.310 e. The second-order valence-corrected chi connectivity index (χ2v) is 22.1. The summed E-state index contributed by atoms with van der Waals surface area (Å²) in [6.07, 6.45) is 14.3. The van der Waals surface area contributed by atoms with Gasteiger partial charge >= 0.3 is 0 Å². The lowest BCUT2D eigenvalue weighted by atomic mass is 9.43.